The van der Waals surface area contributed by atoms with Crippen molar-refractivity contribution in [1.29, 1.82) is 0 Å². The minimum Gasteiger partial charge on any atom is -0.298 e. The number of likely N-dealkylation sites (N-methyl/N-ethyl adjacent to an activating group) is 1. The molecule has 0 amide bonds. The van der Waals surface area contributed by atoms with Crippen LogP contribution in [0.25, 0.3) is 16.8 Å². The zero-order valence-corrected chi connectivity index (χ0v) is 12.8. The Morgan fingerprint density at radius 1 is 0.955 bits per heavy atom. The molecule has 0 spiro atoms. The lowest BCUT2D eigenvalue weighted by Gasteiger charge is -2.16. The van der Waals surface area contributed by atoms with E-state index in [1.165, 1.54) is 16.3 Å². The van der Waals surface area contributed by atoms with E-state index in [0.29, 0.717) is 0 Å². The topological polar surface area (TPSA) is 16.1 Å². The maximum Gasteiger partial charge on any atom is 0.0626 e. The van der Waals surface area contributed by atoms with Crippen LogP contribution in [0.15, 0.2) is 72.9 Å². The van der Waals surface area contributed by atoms with Crippen LogP contribution in [0, 0.1) is 0 Å². The van der Waals surface area contributed by atoms with Crippen LogP contribution in [0.3, 0.4) is 0 Å². The zero-order chi connectivity index (χ0) is 15.2. The highest BCUT2D eigenvalue weighted by molar-refractivity contribution is 5.85. The van der Waals surface area contributed by atoms with Gasteiger partial charge in [-0.15, -0.1) is 0 Å². The summed E-state index contributed by atoms with van der Waals surface area (Å²) in [6.07, 6.45) is 6.05. The molecule has 1 heterocycles. The van der Waals surface area contributed by atoms with E-state index in [4.69, 9.17) is 0 Å². The molecule has 0 aliphatic rings. The SMILES string of the molecule is CN(C/C=C/c1ccccn1)Cc1cccc2ccccc12. The molecule has 2 aromatic carbocycles. The maximum atomic E-state index is 4.30. The van der Waals surface area contributed by atoms with Gasteiger partial charge in [0.15, 0.2) is 0 Å². The van der Waals surface area contributed by atoms with Gasteiger partial charge in [0.25, 0.3) is 0 Å². The van der Waals surface area contributed by atoms with Gasteiger partial charge < -0.3 is 0 Å². The molecule has 0 aliphatic carbocycles. The lowest BCUT2D eigenvalue weighted by molar-refractivity contribution is 0.365. The van der Waals surface area contributed by atoms with E-state index in [-0.39, 0.29) is 0 Å². The minimum absolute atomic E-state index is 0.903. The number of pyridine rings is 1. The van der Waals surface area contributed by atoms with Crippen molar-refractivity contribution in [2.75, 3.05) is 13.6 Å². The second-order valence-corrected chi connectivity index (χ2v) is 5.49. The normalized spacial score (nSPS) is 11.5. The quantitative estimate of drug-likeness (QED) is 0.692. The molecule has 3 rings (SSSR count). The molecule has 0 unspecified atom stereocenters. The van der Waals surface area contributed by atoms with Crippen LogP contribution in [0.2, 0.25) is 0 Å². The number of hydrogen-bond acceptors (Lipinski definition) is 2. The molecular weight excluding hydrogens is 268 g/mol. The van der Waals surface area contributed by atoms with Crippen molar-refractivity contribution in [2.24, 2.45) is 0 Å². The second-order valence-electron chi connectivity index (χ2n) is 5.49. The molecule has 2 nitrogen and oxygen atoms in total. The Balaban J connectivity index is 1.66. The van der Waals surface area contributed by atoms with Crippen molar-refractivity contribution in [3.05, 3.63) is 84.2 Å². The van der Waals surface area contributed by atoms with Gasteiger partial charge in [0.1, 0.15) is 0 Å². The van der Waals surface area contributed by atoms with Crippen molar-refractivity contribution in [3.63, 3.8) is 0 Å². The van der Waals surface area contributed by atoms with Crippen LogP contribution in [-0.2, 0) is 6.54 Å². The van der Waals surface area contributed by atoms with Crippen LogP contribution in [0.5, 0.6) is 0 Å². The molecule has 0 saturated carbocycles. The molecule has 0 aliphatic heterocycles. The molecule has 0 atom stereocenters. The largest absolute Gasteiger partial charge is 0.298 e. The molecular formula is C20H20N2. The second kappa shape index (κ2) is 7.01. The van der Waals surface area contributed by atoms with Gasteiger partial charge in [0, 0.05) is 19.3 Å². The van der Waals surface area contributed by atoms with Crippen LogP contribution in [0.4, 0.5) is 0 Å². The zero-order valence-electron chi connectivity index (χ0n) is 12.8. The number of benzene rings is 2. The summed E-state index contributed by atoms with van der Waals surface area (Å²) in [6.45, 7) is 1.84. The van der Waals surface area contributed by atoms with Crippen molar-refractivity contribution >= 4 is 16.8 Å². The number of rotatable bonds is 5. The van der Waals surface area contributed by atoms with Crippen LogP contribution < -0.4 is 0 Å². The Morgan fingerprint density at radius 2 is 1.77 bits per heavy atom. The van der Waals surface area contributed by atoms with Gasteiger partial charge in [-0.1, -0.05) is 54.6 Å². The van der Waals surface area contributed by atoms with E-state index < -0.39 is 0 Å². The summed E-state index contributed by atoms with van der Waals surface area (Å²) in [6, 6.07) is 21.0. The maximum absolute atomic E-state index is 4.30. The summed E-state index contributed by atoms with van der Waals surface area (Å²) in [5.74, 6) is 0. The van der Waals surface area contributed by atoms with E-state index in [0.717, 1.165) is 18.8 Å². The van der Waals surface area contributed by atoms with E-state index in [1.807, 2.05) is 24.4 Å². The lowest BCUT2D eigenvalue weighted by atomic mass is 10.0. The van der Waals surface area contributed by atoms with E-state index >= 15 is 0 Å². The van der Waals surface area contributed by atoms with E-state index in [2.05, 4.69) is 71.5 Å². The number of aromatic nitrogens is 1. The first-order valence-electron chi connectivity index (χ1n) is 7.56. The summed E-state index contributed by atoms with van der Waals surface area (Å²) < 4.78 is 0. The van der Waals surface area contributed by atoms with Gasteiger partial charge in [-0.2, -0.15) is 0 Å². The number of hydrogen-bond donors (Lipinski definition) is 0. The van der Waals surface area contributed by atoms with Gasteiger partial charge in [-0.25, -0.2) is 0 Å². The predicted octanol–water partition coefficient (Wildman–Crippen LogP) is 4.38. The third-order valence-electron chi connectivity index (χ3n) is 3.71. The minimum atomic E-state index is 0.903. The third-order valence-corrected chi connectivity index (χ3v) is 3.71. The molecule has 110 valence electrons. The highest BCUT2D eigenvalue weighted by Crippen LogP contribution is 2.19. The predicted molar refractivity (Wildman–Crippen MR) is 93.6 cm³/mol. The van der Waals surface area contributed by atoms with Crippen molar-refractivity contribution in [1.82, 2.24) is 9.88 Å². The van der Waals surface area contributed by atoms with Crippen LogP contribution >= 0.6 is 0 Å². The number of fused-ring (bicyclic) bond motifs is 1. The van der Waals surface area contributed by atoms with Crippen molar-refractivity contribution in [3.8, 4) is 0 Å². The fourth-order valence-corrected chi connectivity index (χ4v) is 2.61. The van der Waals surface area contributed by atoms with Gasteiger partial charge in [0.2, 0.25) is 0 Å². The van der Waals surface area contributed by atoms with E-state index in [1.54, 1.807) is 0 Å². The molecule has 3 aromatic rings. The molecule has 0 N–H and O–H groups in total. The molecule has 0 radical (unpaired) electrons. The van der Waals surface area contributed by atoms with Crippen LogP contribution in [0.1, 0.15) is 11.3 Å². The average molecular weight is 288 g/mol. The summed E-state index contributed by atoms with van der Waals surface area (Å²) >= 11 is 0. The van der Waals surface area contributed by atoms with Gasteiger partial charge in [-0.3, -0.25) is 9.88 Å². The molecule has 22 heavy (non-hydrogen) atoms. The van der Waals surface area contributed by atoms with Gasteiger partial charge in [0.05, 0.1) is 5.69 Å². The molecule has 0 bridgehead atoms. The fraction of sp³-hybridized carbons (Fsp3) is 0.150. The Bertz CT molecular complexity index is 758. The Kier molecular flexibility index (Phi) is 4.62. The van der Waals surface area contributed by atoms with Gasteiger partial charge >= 0.3 is 0 Å². The van der Waals surface area contributed by atoms with Crippen molar-refractivity contribution < 1.29 is 0 Å². The molecule has 1 aromatic heterocycles. The first kappa shape index (κ1) is 14.5. The first-order valence-corrected chi connectivity index (χ1v) is 7.56. The lowest BCUT2D eigenvalue weighted by Crippen LogP contribution is -2.17. The smallest absolute Gasteiger partial charge is 0.0626 e. The summed E-state index contributed by atoms with van der Waals surface area (Å²) in [7, 11) is 2.14. The monoisotopic (exact) mass is 288 g/mol. The third kappa shape index (κ3) is 3.60. The molecule has 0 fully saturated rings. The first-order chi connectivity index (χ1) is 10.8. The highest BCUT2D eigenvalue weighted by Gasteiger charge is 2.03. The Labute approximate surface area is 131 Å². The summed E-state index contributed by atoms with van der Waals surface area (Å²) in [4.78, 5) is 6.60. The van der Waals surface area contributed by atoms with Crippen LogP contribution in [-0.4, -0.2) is 23.5 Å². The fourth-order valence-electron chi connectivity index (χ4n) is 2.61. The number of nitrogens with zero attached hydrogens (tertiary/aromatic N) is 2. The Morgan fingerprint density at radius 3 is 2.64 bits per heavy atom. The summed E-state index contributed by atoms with van der Waals surface area (Å²) in [5.41, 5.74) is 2.37. The standard InChI is InChI=1S/C20H20N2/c1-22(15-7-12-19-11-4-5-14-21-19)16-18-10-6-9-17-8-2-3-13-20(17)18/h2-14H,15-16H2,1H3/b12-7+. The van der Waals surface area contributed by atoms with E-state index in [9.17, 15) is 0 Å². The van der Waals surface area contributed by atoms with Gasteiger partial charge in [-0.05, 0) is 41.6 Å². The van der Waals surface area contributed by atoms with Crippen molar-refractivity contribution in [2.45, 2.75) is 6.54 Å². The molecule has 0 saturated heterocycles. The highest BCUT2D eigenvalue weighted by atomic mass is 15.1. The molecule has 2 heteroatoms. The average Bonchev–Trinajstić information content (AvgIpc) is 2.56. The summed E-state index contributed by atoms with van der Waals surface area (Å²) in [5, 5.41) is 2.64. The Hall–Kier alpha value is -2.45.